The van der Waals surface area contributed by atoms with Gasteiger partial charge in [-0.3, -0.25) is 24.5 Å². The molecule has 0 aliphatic carbocycles. The zero-order valence-corrected chi connectivity index (χ0v) is 23.0. The molecule has 2 atom stereocenters. The molecule has 3 rings (SSSR count). The molecule has 8 N–H and O–H groups in total. The number of fused-ring (bicyclic) bond motifs is 1. The maximum absolute atomic E-state index is 12.7. The van der Waals surface area contributed by atoms with Gasteiger partial charge in [0.15, 0.2) is 17.8 Å². The largest absolute Gasteiger partial charge is 0.443 e. The molecule has 0 aliphatic rings. The first kappa shape index (κ1) is 30.0. The molecule has 3 aromatic rings. The molecular weight excluding hydrogens is 528 g/mol. The summed E-state index contributed by atoms with van der Waals surface area (Å²) in [5, 5.41) is 7.16. The van der Waals surface area contributed by atoms with Gasteiger partial charge in [0.25, 0.3) is 0 Å². The summed E-state index contributed by atoms with van der Waals surface area (Å²) in [6.45, 7) is 1.82. The van der Waals surface area contributed by atoms with E-state index in [0.29, 0.717) is 25.1 Å². The first-order chi connectivity index (χ1) is 19.2. The SMILES string of the molecule is CC(NC(=O)/C=C/c1ccccc1)N(COC(=O)[C@@H](N)CCCN=C(N)N)C(=S)Nc1cccc2cccnc12. The van der Waals surface area contributed by atoms with Crippen molar-refractivity contribution in [3.63, 3.8) is 0 Å². The van der Waals surface area contributed by atoms with Crippen LogP contribution in [0.3, 0.4) is 0 Å². The lowest BCUT2D eigenvalue weighted by molar-refractivity contribution is -0.149. The molecule has 0 saturated heterocycles. The number of benzene rings is 2. The van der Waals surface area contributed by atoms with Crippen LogP contribution < -0.4 is 27.8 Å². The lowest BCUT2D eigenvalue weighted by Gasteiger charge is -2.31. The highest BCUT2D eigenvalue weighted by atomic mass is 32.1. The normalized spacial score (nSPS) is 12.3. The van der Waals surface area contributed by atoms with E-state index >= 15 is 0 Å². The van der Waals surface area contributed by atoms with Crippen molar-refractivity contribution in [1.82, 2.24) is 15.2 Å². The van der Waals surface area contributed by atoms with Gasteiger partial charge < -0.3 is 32.6 Å². The fourth-order valence-corrected chi connectivity index (χ4v) is 4.00. The number of para-hydroxylation sites is 1. The predicted octanol–water partition coefficient (Wildman–Crippen LogP) is 2.29. The molecule has 40 heavy (non-hydrogen) atoms. The Hall–Kier alpha value is -4.55. The van der Waals surface area contributed by atoms with E-state index in [0.717, 1.165) is 16.5 Å². The molecular formula is C28H34N8O3S. The number of anilines is 1. The van der Waals surface area contributed by atoms with Crippen LogP contribution in [0.25, 0.3) is 17.0 Å². The van der Waals surface area contributed by atoms with Crippen molar-refractivity contribution in [2.75, 3.05) is 18.6 Å². The van der Waals surface area contributed by atoms with Crippen LogP contribution in [-0.4, -0.2) is 58.3 Å². The number of aliphatic imine (C=N–C) groups is 1. The predicted molar refractivity (Wildman–Crippen MR) is 162 cm³/mol. The summed E-state index contributed by atoms with van der Waals surface area (Å²) in [4.78, 5) is 35.1. The second kappa shape index (κ2) is 15.1. The number of carbonyl (C=O) groups excluding carboxylic acids is 2. The molecule has 1 heterocycles. The van der Waals surface area contributed by atoms with Crippen LogP contribution in [0.1, 0.15) is 25.3 Å². The minimum Gasteiger partial charge on any atom is -0.443 e. The van der Waals surface area contributed by atoms with Gasteiger partial charge in [-0.05, 0) is 55.8 Å². The number of esters is 1. The van der Waals surface area contributed by atoms with E-state index in [4.69, 9.17) is 34.2 Å². The van der Waals surface area contributed by atoms with E-state index in [9.17, 15) is 9.59 Å². The van der Waals surface area contributed by atoms with Crippen molar-refractivity contribution in [3.05, 3.63) is 78.5 Å². The summed E-state index contributed by atoms with van der Waals surface area (Å²) in [5.74, 6) is -0.991. The summed E-state index contributed by atoms with van der Waals surface area (Å²) in [7, 11) is 0. The smallest absolute Gasteiger partial charge is 0.324 e. The van der Waals surface area contributed by atoms with Crippen LogP contribution in [0.5, 0.6) is 0 Å². The molecule has 0 radical (unpaired) electrons. The molecule has 0 fully saturated rings. The summed E-state index contributed by atoms with van der Waals surface area (Å²) in [6.07, 6.45) is 5.00. The summed E-state index contributed by atoms with van der Waals surface area (Å²) in [5.41, 5.74) is 18.9. The summed E-state index contributed by atoms with van der Waals surface area (Å²) in [6, 6.07) is 18.0. The lowest BCUT2D eigenvalue weighted by atomic mass is 10.2. The molecule has 0 spiro atoms. The number of rotatable bonds is 12. The Labute approximate surface area is 238 Å². The second-order valence-corrected chi connectivity index (χ2v) is 9.24. The quantitative estimate of drug-likeness (QED) is 0.0419. The maximum Gasteiger partial charge on any atom is 0.324 e. The number of aromatic nitrogens is 1. The number of pyridine rings is 1. The van der Waals surface area contributed by atoms with E-state index in [1.807, 2.05) is 60.7 Å². The second-order valence-electron chi connectivity index (χ2n) is 8.86. The number of hydrogen-bond donors (Lipinski definition) is 5. The van der Waals surface area contributed by atoms with Crippen molar-refractivity contribution < 1.29 is 14.3 Å². The number of nitrogens with zero attached hydrogens (tertiary/aromatic N) is 3. The first-order valence-electron chi connectivity index (χ1n) is 12.7. The molecule has 0 aliphatic heterocycles. The number of hydrogen-bond acceptors (Lipinski definition) is 7. The minimum absolute atomic E-state index is 0.0242. The van der Waals surface area contributed by atoms with Crippen LogP contribution >= 0.6 is 12.2 Å². The van der Waals surface area contributed by atoms with E-state index < -0.39 is 18.2 Å². The fourth-order valence-electron chi connectivity index (χ4n) is 3.68. The van der Waals surface area contributed by atoms with Crippen LogP contribution in [0.4, 0.5) is 5.69 Å². The van der Waals surface area contributed by atoms with E-state index in [-0.39, 0.29) is 23.7 Å². The third kappa shape index (κ3) is 9.33. The molecule has 2 aromatic carbocycles. The number of nitrogens with one attached hydrogen (secondary N) is 2. The standard InChI is InChI=1S/C28H34N8O3S/c1-19(34-24(37)15-14-20-8-3-2-4-9-20)36(18-39-26(38)22(29)12-7-17-33-27(30)31)28(40)35-23-13-5-10-21-11-6-16-32-25(21)23/h2-6,8-11,13-16,19,22H,7,12,17-18,29H2,1H3,(H,34,37)(H,35,40)(H4,30,31,33)/b15-14+/t19?,22-/m0/s1. The molecule has 1 unspecified atom stereocenters. The number of amides is 1. The zero-order valence-electron chi connectivity index (χ0n) is 22.2. The molecule has 1 amide bonds. The third-order valence-corrected chi connectivity index (χ3v) is 6.13. The highest BCUT2D eigenvalue weighted by Crippen LogP contribution is 2.21. The van der Waals surface area contributed by atoms with Crippen molar-refractivity contribution in [3.8, 4) is 0 Å². The molecule has 1 aromatic heterocycles. The number of thiocarbonyl (C=S) groups is 1. The topological polar surface area (TPSA) is 174 Å². The third-order valence-electron chi connectivity index (χ3n) is 5.80. The molecule has 11 nitrogen and oxygen atoms in total. The molecule has 0 saturated carbocycles. The van der Waals surface area contributed by atoms with Gasteiger partial charge in [-0.15, -0.1) is 0 Å². The highest BCUT2D eigenvalue weighted by molar-refractivity contribution is 7.80. The lowest BCUT2D eigenvalue weighted by Crippen LogP contribution is -2.51. The van der Waals surface area contributed by atoms with Crippen molar-refractivity contribution >= 4 is 57.8 Å². The Morgan fingerprint density at radius 2 is 1.88 bits per heavy atom. The number of guanidine groups is 1. The van der Waals surface area contributed by atoms with Gasteiger partial charge in [-0.2, -0.15) is 0 Å². The molecule has 0 bridgehead atoms. The van der Waals surface area contributed by atoms with Gasteiger partial charge in [-0.1, -0.05) is 48.5 Å². The van der Waals surface area contributed by atoms with Gasteiger partial charge in [0.1, 0.15) is 12.2 Å². The number of carbonyl (C=O) groups is 2. The van der Waals surface area contributed by atoms with Crippen LogP contribution in [-0.2, 0) is 14.3 Å². The van der Waals surface area contributed by atoms with Gasteiger partial charge >= 0.3 is 5.97 Å². The van der Waals surface area contributed by atoms with Crippen molar-refractivity contribution in [1.29, 1.82) is 0 Å². The Morgan fingerprint density at radius 1 is 1.12 bits per heavy atom. The van der Waals surface area contributed by atoms with E-state index in [2.05, 4.69) is 20.6 Å². The number of ether oxygens (including phenoxy) is 1. The Kier molecular flexibility index (Phi) is 11.4. The van der Waals surface area contributed by atoms with Gasteiger partial charge in [0.05, 0.1) is 11.2 Å². The molecule has 210 valence electrons. The Morgan fingerprint density at radius 3 is 2.62 bits per heavy atom. The summed E-state index contributed by atoms with van der Waals surface area (Å²) < 4.78 is 5.49. The maximum atomic E-state index is 12.7. The Balaban J connectivity index is 1.70. The van der Waals surface area contributed by atoms with Gasteiger partial charge in [0.2, 0.25) is 5.91 Å². The molecule has 12 heteroatoms. The average molecular weight is 563 g/mol. The zero-order chi connectivity index (χ0) is 28.9. The van der Waals surface area contributed by atoms with Gasteiger partial charge in [-0.25, -0.2) is 0 Å². The van der Waals surface area contributed by atoms with Crippen molar-refractivity contribution in [2.24, 2.45) is 22.2 Å². The monoisotopic (exact) mass is 562 g/mol. The van der Waals surface area contributed by atoms with E-state index in [1.54, 1.807) is 19.2 Å². The highest BCUT2D eigenvalue weighted by Gasteiger charge is 2.23. The van der Waals surface area contributed by atoms with Crippen molar-refractivity contribution in [2.45, 2.75) is 32.0 Å². The fraction of sp³-hybridized carbons (Fsp3) is 0.250. The Bertz CT molecular complexity index is 1360. The van der Waals surface area contributed by atoms with Crippen LogP contribution in [0, 0.1) is 0 Å². The minimum atomic E-state index is -0.876. The number of nitrogens with two attached hydrogens (primary N) is 3. The van der Waals surface area contributed by atoms with Crippen LogP contribution in [0.15, 0.2) is 77.9 Å². The van der Waals surface area contributed by atoms with Crippen LogP contribution in [0.2, 0.25) is 0 Å². The first-order valence-corrected chi connectivity index (χ1v) is 13.1. The van der Waals surface area contributed by atoms with E-state index in [1.165, 1.54) is 11.0 Å². The average Bonchev–Trinajstić information content (AvgIpc) is 2.94. The van der Waals surface area contributed by atoms with Gasteiger partial charge in [0, 0.05) is 24.2 Å². The summed E-state index contributed by atoms with van der Waals surface area (Å²) >= 11 is 5.68.